The fourth-order valence-electron chi connectivity index (χ4n) is 3.13. The van der Waals surface area contributed by atoms with Crippen molar-refractivity contribution >= 4 is 15.9 Å². The van der Waals surface area contributed by atoms with Gasteiger partial charge in [-0.25, -0.2) is 8.78 Å². The second-order valence-electron chi connectivity index (χ2n) is 5.40. The molecule has 3 rings (SSSR count). The van der Waals surface area contributed by atoms with Gasteiger partial charge in [0.15, 0.2) is 11.6 Å². The molecule has 2 aromatic carbocycles. The van der Waals surface area contributed by atoms with Crippen molar-refractivity contribution in [2.24, 2.45) is 0 Å². The molecule has 0 radical (unpaired) electrons. The minimum absolute atomic E-state index is 0.00347. The van der Waals surface area contributed by atoms with Crippen LogP contribution in [0.25, 0.3) is 0 Å². The SMILES string of the molecule is Fc1cccc(C2CCNCC2c2cccc(Br)c2)c1F. The van der Waals surface area contributed by atoms with Crippen molar-refractivity contribution in [3.63, 3.8) is 0 Å². The van der Waals surface area contributed by atoms with Crippen LogP contribution in [0.2, 0.25) is 0 Å². The van der Waals surface area contributed by atoms with Crippen LogP contribution in [0, 0.1) is 11.6 Å². The average molecular weight is 352 g/mol. The lowest BCUT2D eigenvalue weighted by atomic mass is 9.77. The average Bonchev–Trinajstić information content (AvgIpc) is 2.50. The molecule has 1 aliphatic rings. The van der Waals surface area contributed by atoms with Crippen LogP contribution < -0.4 is 5.32 Å². The molecule has 1 heterocycles. The first-order chi connectivity index (χ1) is 10.2. The molecule has 0 spiro atoms. The third-order valence-corrected chi connectivity index (χ3v) is 4.63. The van der Waals surface area contributed by atoms with Crippen LogP contribution in [0.5, 0.6) is 0 Å². The van der Waals surface area contributed by atoms with E-state index in [1.165, 1.54) is 6.07 Å². The van der Waals surface area contributed by atoms with Crippen LogP contribution in [0.15, 0.2) is 46.9 Å². The summed E-state index contributed by atoms with van der Waals surface area (Å²) in [6, 6.07) is 12.5. The van der Waals surface area contributed by atoms with E-state index in [-0.39, 0.29) is 11.8 Å². The minimum atomic E-state index is -0.765. The summed E-state index contributed by atoms with van der Waals surface area (Å²) in [4.78, 5) is 0. The monoisotopic (exact) mass is 351 g/mol. The third-order valence-electron chi connectivity index (χ3n) is 4.14. The van der Waals surface area contributed by atoms with E-state index in [4.69, 9.17) is 0 Å². The lowest BCUT2D eigenvalue weighted by Crippen LogP contribution is -2.34. The summed E-state index contributed by atoms with van der Waals surface area (Å²) in [6.07, 6.45) is 0.803. The van der Waals surface area contributed by atoms with Crippen molar-refractivity contribution in [1.29, 1.82) is 0 Å². The molecule has 1 fully saturated rings. The Balaban J connectivity index is 2.00. The van der Waals surface area contributed by atoms with Crippen LogP contribution >= 0.6 is 15.9 Å². The number of halogens is 3. The Morgan fingerprint density at radius 2 is 1.86 bits per heavy atom. The highest BCUT2D eigenvalue weighted by atomic mass is 79.9. The highest BCUT2D eigenvalue weighted by Gasteiger charge is 2.30. The Hall–Kier alpha value is -1.26. The van der Waals surface area contributed by atoms with Crippen LogP contribution in [0.3, 0.4) is 0 Å². The van der Waals surface area contributed by atoms with Gasteiger partial charge in [-0.05, 0) is 48.2 Å². The Kier molecular flexibility index (Phi) is 4.36. The zero-order valence-electron chi connectivity index (χ0n) is 11.5. The summed E-state index contributed by atoms with van der Waals surface area (Å²) in [7, 11) is 0. The van der Waals surface area contributed by atoms with E-state index in [1.807, 2.05) is 18.2 Å². The Labute approximate surface area is 131 Å². The molecule has 110 valence electrons. The number of nitrogens with one attached hydrogen (secondary N) is 1. The number of hydrogen-bond acceptors (Lipinski definition) is 1. The lowest BCUT2D eigenvalue weighted by molar-refractivity contribution is 0.386. The quantitative estimate of drug-likeness (QED) is 0.834. The number of piperidine rings is 1. The zero-order chi connectivity index (χ0) is 14.8. The Morgan fingerprint density at radius 3 is 2.67 bits per heavy atom. The minimum Gasteiger partial charge on any atom is -0.316 e. The van der Waals surface area contributed by atoms with Crippen LogP contribution in [0.4, 0.5) is 8.78 Å². The molecule has 0 aromatic heterocycles. The van der Waals surface area contributed by atoms with E-state index < -0.39 is 11.6 Å². The van der Waals surface area contributed by atoms with Crippen LogP contribution in [-0.2, 0) is 0 Å². The van der Waals surface area contributed by atoms with Gasteiger partial charge in [-0.15, -0.1) is 0 Å². The van der Waals surface area contributed by atoms with Crippen molar-refractivity contribution in [3.8, 4) is 0 Å². The molecule has 2 unspecified atom stereocenters. The summed E-state index contributed by atoms with van der Waals surface area (Å²) in [5.41, 5.74) is 1.63. The smallest absolute Gasteiger partial charge is 0.162 e. The maximum atomic E-state index is 14.1. The first-order valence-electron chi connectivity index (χ1n) is 7.07. The molecule has 0 saturated carbocycles. The Bertz CT molecular complexity index is 644. The third kappa shape index (κ3) is 3.01. The Morgan fingerprint density at radius 1 is 1.05 bits per heavy atom. The van der Waals surface area contributed by atoms with Gasteiger partial charge in [0.05, 0.1) is 0 Å². The highest BCUT2D eigenvalue weighted by Crippen LogP contribution is 2.39. The molecule has 2 atom stereocenters. The molecule has 4 heteroatoms. The molecule has 0 amide bonds. The largest absolute Gasteiger partial charge is 0.316 e. The molecule has 1 aliphatic heterocycles. The topological polar surface area (TPSA) is 12.0 Å². The molecule has 1 N–H and O–H groups in total. The number of benzene rings is 2. The van der Waals surface area contributed by atoms with Gasteiger partial charge in [0, 0.05) is 16.9 Å². The first kappa shape index (κ1) is 14.7. The van der Waals surface area contributed by atoms with Gasteiger partial charge >= 0.3 is 0 Å². The van der Waals surface area contributed by atoms with Gasteiger partial charge in [0.2, 0.25) is 0 Å². The molecule has 0 aliphatic carbocycles. The maximum Gasteiger partial charge on any atom is 0.162 e. The second-order valence-corrected chi connectivity index (χ2v) is 6.32. The summed E-state index contributed by atoms with van der Waals surface area (Å²) in [5.74, 6) is -1.33. The van der Waals surface area contributed by atoms with Crippen LogP contribution in [0.1, 0.15) is 29.4 Å². The summed E-state index contributed by atoms with van der Waals surface area (Å²) in [6.45, 7) is 1.60. The zero-order valence-corrected chi connectivity index (χ0v) is 13.0. The molecule has 2 aromatic rings. The summed E-state index contributed by atoms with van der Waals surface area (Å²) in [5, 5.41) is 3.36. The van der Waals surface area contributed by atoms with Gasteiger partial charge in [-0.1, -0.05) is 40.2 Å². The van der Waals surface area contributed by atoms with Gasteiger partial charge in [0.25, 0.3) is 0 Å². The normalized spacial score (nSPS) is 22.2. The van der Waals surface area contributed by atoms with Crippen molar-refractivity contribution in [3.05, 3.63) is 69.7 Å². The predicted octanol–water partition coefficient (Wildman–Crippen LogP) is 4.59. The maximum absolute atomic E-state index is 14.1. The van der Waals surface area contributed by atoms with E-state index >= 15 is 0 Å². The van der Waals surface area contributed by atoms with Crippen molar-refractivity contribution in [1.82, 2.24) is 5.32 Å². The van der Waals surface area contributed by atoms with E-state index in [2.05, 4.69) is 27.3 Å². The fraction of sp³-hybridized carbons (Fsp3) is 0.294. The summed E-state index contributed by atoms with van der Waals surface area (Å²) >= 11 is 3.48. The van der Waals surface area contributed by atoms with Gasteiger partial charge in [-0.3, -0.25) is 0 Å². The number of hydrogen-bond donors (Lipinski definition) is 1. The highest BCUT2D eigenvalue weighted by molar-refractivity contribution is 9.10. The number of rotatable bonds is 2. The standard InChI is InChI=1S/C17H16BrF2N/c18-12-4-1-3-11(9-12)15-10-21-8-7-13(15)14-5-2-6-16(19)17(14)20/h1-6,9,13,15,21H,7-8,10H2. The molecule has 1 saturated heterocycles. The van der Waals surface area contributed by atoms with Gasteiger partial charge in [-0.2, -0.15) is 0 Å². The van der Waals surface area contributed by atoms with Crippen molar-refractivity contribution in [2.45, 2.75) is 18.3 Å². The van der Waals surface area contributed by atoms with Crippen molar-refractivity contribution in [2.75, 3.05) is 13.1 Å². The molecule has 1 nitrogen and oxygen atoms in total. The summed E-state index contributed by atoms with van der Waals surface area (Å²) < 4.78 is 28.7. The molecular weight excluding hydrogens is 336 g/mol. The first-order valence-corrected chi connectivity index (χ1v) is 7.86. The second kappa shape index (κ2) is 6.24. The van der Waals surface area contributed by atoms with E-state index in [0.29, 0.717) is 5.56 Å². The van der Waals surface area contributed by atoms with E-state index in [9.17, 15) is 8.78 Å². The molecular formula is C17H16BrF2N. The van der Waals surface area contributed by atoms with Gasteiger partial charge in [0.1, 0.15) is 0 Å². The van der Waals surface area contributed by atoms with E-state index in [1.54, 1.807) is 12.1 Å². The van der Waals surface area contributed by atoms with E-state index in [0.717, 1.165) is 29.5 Å². The lowest BCUT2D eigenvalue weighted by Gasteiger charge is -2.33. The van der Waals surface area contributed by atoms with Crippen LogP contribution in [-0.4, -0.2) is 13.1 Å². The fourth-order valence-corrected chi connectivity index (χ4v) is 3.54. The van der Waals surface area contributed by atoms with Gasteiger partial charge < -0.3 is 5.32 Å². The van der Waals surface area contributed by atoms with Crippen molar-refractivity contribution < 1.29 is 8.78 Å². The predicted molar refractivity (Wildman–Crippen MR) is 83.5 cm³/mol. The molecule has 21 heavy (non-hydrogen) atoms. The molecule has 0 bridgehead atoms.